The van der Waals surface area contributed by atoms with Gasteiger partial charge in [0.25, 0.3) is 0 Å². The molecule has 1 N–H and O–H groups in total. The van der Waals surface area contributed by atoms with Gasteiger partial charge in [-0.25, -0.2) is 4.79 Å². The van der Waals surface area contributed by atoms with Crippen LogP contribution in [0.25, 0.3) is 5.69 Å². The molecule has 1 aromatic carbocycles. The highest BCUT2D eigenvalue weighted by molar-refractivity contribution is 9.10. The van der Waals surface area contributed by atoms with Gasteiger partial charge in [0, 0.05) is 16.1 Å². The third-order valence-corrected chi connectivity index (χ3v) is 2.68. The normalized spacial score (nSPS) is 10.4. The maximum Gasteiger partial charge on any atom is 0.438 e. The molecule has 16 heavy (non-hydrogen) atoms. The van der Waals surface area contributed by atoms with Gasteiger partial charge >= 0.3 is 11.3 Å². The average Bonchev–Trinajstić information content (AvgIpc) is 2.59. The van der Waals surface area contributed by atoms with Crippen molar-refractivity contribution >= 4 is 22.2 Å². The molecule has 0 radical (unpaired) electrons. The first-order valence-electron chi connectivity index (χ1n) is 4.48. The number of halogens is 1. The number of aromatic nitrogens is 2. The van der Waals surface area contributed by atoms with E-state index in [1.807, 2.05) is 19.1 Å². The number of aryl methyl sites for hydroxylation is 1. The van der Waals surface area contributed by atoms with Crippen LogP contribution in [0.1, 0.15) is 16.1 Å². The second-order valence-electron chi connectivity index (χ2n) is 3.25. The highest BCUT2D eigenvalue weighted by Crippen LogP contribution is 2.15. The Bertz CT molecular complexity index is 600. The van der Waals surface area contributed by atoms with E-state index in [4.69, 9.17) is 0 Å². The van der Waals surface area contributed by atoms with Crippen LogP contribution < -0.4 is 10.3 Å². The molecule has 0 bridgehead atoms. The molecule has 2 rings (SSSR count). The van der Waals surface area contributed by atoms with Gasteiger partial charge in [0.05, 0.1) is 0 Å². The number of carbonyl (C=O) groups excluding carboxylic acids is 1. The van der Waals surface area contributed by atoms with Crippen LogP contribution in [0.5, 0.6) is 0 Å². The van der Waals surface area contributed by atoms with Crippen molar-refractivity contribution in [2.75, 3.05) is 0 Å². The van der Waals surface area contributed by atoms with Crippen molar-refractivity contribution in [3.63, 3.8) is 0 Å². The predicted molar refractivity (Wildman–Crippen MR) is 58.7 cm³/mol. The smallest absolute Gasteiger partial charge is 0.291 e. The van der Waals surface area contributed by atoms with Gasteiger partial charge in [0.2, 0.25) is 12.0 Å². The van der Waals surface area contributed by atoms with Crippen LogP contribution in [0, 0.1) is 6.92 Å². The third kappa shape index (κ3) is 1.71. The molecule has 82 valence electrons. The Morgan fingerprint density at radius 3 is 2.88 bits per heavy atom. The molecule has 0 atom stereocenters. The van der Waals surface area contributed by atoms with E-state index in [9.17, 15) is 9.59 Å². The van der Waals surface area contributed by atoms with E-state index < -0.39 is 5.63 Å². The quantitative estimate of drug-likeness (QED) is 0.664. The maximum atomic E-state index is 11.2. The standard InChI is InChI=1S/C10H7BrN2O3/c1-6-4-7(11)2-3-8(6)13-9(5-14)10(15)16-12-13/h2-5H,1H3/p+1. The predicted octanol–water partition coefficient (Wildman–Crippen LogP) is 1.13. The molecule has 0 fully saturated rings. The van der Waals surface area contributed by atoms with Crippen LogP contribution in [0.3, 0.4) is 0 Å². The highest BCUT2D eigenvalue weighted by Gasteiger charge is 2.23. The van der Waals surface area contributed by atoms with E-state index in [0.717, 1.165) is 10.0 Å². The van der Waals surface area contributed by atoms with E-state index in [0.29, 0.717) is 12.0 Å². The molecule has 5 nitrogen and oxygen atoms in total. The van der Waals surface area contributed by atoms with Crippen molar-refractivity contribution in [1.82, 2.24) is 5.27 Å². The van der Waals surface area contributed by atoms with Crippen LogP contribution in [-0.4, -0.2) is 11.6 Å². The van der Waals surface area contributed by atoms with Crippen LogP contribution in [0.2, 0.25) is 0 Å². The Labute approximate surface area is 98.8 Å². The summed E-state index contributed by atoms with van der Waals surface area (Å²) in [5.74, 6) is 0. The first kappa shape index (κ1) is 10.8. The summed E-state index contributed by atoms with van der Waals surface area (Å²) in [7, 11) is 0. The van der Waals surface area contributed by atoms with Crippen LogP contribution >= 0.6 is 15.9 Å². The van der Waals surface area contributed by atoms with Crippen LogP contribution in [-0.2, 0) is 0 Å². The van der Waals surface area contributed by atoms with Gasteiger partial charge in [-0.1, -0.05) is 15.9 Å². The van der Waals surface area contributed by atoms with Crippen molar-refractivity contribution in [1.29, 1.82) is 0 Å². The zero-order valence-corrected chi connectivity index (χ0v) is 9.95. The molecule has 0 aliphatic carbocycles. The van der Waals surface area contributed by atoms with E-state index in [1.165, 1.54) is 4.68 Å². The topological polar surface area (TPSA) is 67.0 Å². The Balaban J connectivity index is 2.67. The number of H-pyrrole nitrogens is 1. The number of carbonyl (C=O) groups is 1. The number of aromatic amines is 1. The number of aldehydes is 1. The minimum atomic E-state index is -0.683. The molecule has 0 aliphatic heterocycles. The Hall–Kier alpha value is -1.69. The summed E-state index contributed by atoms with van der Waals surface area (Å²) in [5.41, 5.74) is 0.846. The fraction of sp³-hybridized carbons (Fsp3) is 0.100. The summed E-state index contributed by atoms with van der Waals surface area (Å²) in [6.45, 7) is 1.87. The molecular weight excluding hydrogens is 276 g/mol. The van der Waals surface area contributed by atoms with E-state index >= 15 is 0 Å². The summed E-state index contributed by atoms with van der Waals surface area (Å²) < 4.78 is 6.81. The lowest BCUT2D eigenvalue weighted by Crippen LogP contribution is -2.39. The summed E-state index contributed by atoms with van der Waals surface area (Å²) in [4.78, 5) is 21.9. The van der Waals surface area contributed by atoms with Crippen LogP contribution in [0.4, 0.5) is 0 Å². The van der Waals surface area contributed by atoms with Gasteiger partial charge in [-0.15, -0.1) is 0 Å². The number of nitrogens with zero attached hydrogens (tertiary/aromatic N) is 1. The fourth-order valence-electron chi connectivity index (χ4n) is 1.43. The molecule has 6 heteroatoms. The fourth-order valence-corrected chi connectivity index (χ4v) is 1.90. The van der Waals surface area contributed by atoms with Crippen molar-refractivity contribution in [3.05, 3.63) is 44.3 Å². The van der Waals surface area contributed by atoms with E-state index in [2.05, 4.69) is 25.7 Å². The second kappa shape index (κ2) is 4.05. The third-order valence-electron chi connectivity index (χ3n) is 2.19. The SMILES string of the molecule is Cc1cc(Br)ccc1-[n+]1[nH]oc(=O)c1C=O. The minimum absolute atomic E-state index is 0.0644. The van der Waals surface area contributed by atoms with Crippen molar-refractivity contribution in [2.45, 2.75) is 6.92 Å². The lowest BCUT2D eigenvalue weighted by Gasteiger charge is -1.96. The molecule has 0 aliphatic rings. The average molecular weight is 284 g/mol. The maximum absolute atomic E-state index is 11.2. The molecule has 1 aromatic heterocycles. The molecule has 0 amide bonds. The lowest BCUT2D eigenvalue weighted by molar-refractivity contribution is -0.672. The van der Waals surface area contributed by atoms with Gasteiger partial charge in [0.15, 0.2) is 0 Å². The molecule has 0 saturated heterocycles. The monoisotopic (exact) mass is 283 g/mol. The van der Waals surface area contributed by atoms with Crippen LogP contribution in [0.15, 0.2) is 32.0 Å². The van der Waals surface area contributed by atoms with Crippen molar-refractivity contribution in [2.24, 2.45) is 0 Å². The number of benzene rings is 1. The number of hydrogen-bond acceptors (Lipinski definition) is 3. The largest absolute Gasteiger partial charge is 0.438 e. The molecule has 0 spiro atoms. The number of rotatable bonds is 2. The van der Waals surface area contributed by atoms with Gasteiger partial charge in [-0.2, -0.15) is 0 Å². The summed E-state index contributed by atoms with van der Waals surface area (Å²) in [6, 6.07) is 5.47. The summed E-state index contributed by atoms with van der Waals surface area (Å²) >= 11 is 3.34. The Morgan fingerprint density at radius 2 is 2.25 bits per heavy atom. The zero-order valence-electron chi connectivity index (χ0n) is 8.36. The lowest BCUT2D eigenvalue weighted by atomic mass is 10.2. The summed E-state index contributed by atoms with van der Waals surface area (Å²) in [6.07, 6.45) is 0.462. The molecular formula is C10H8BrN2O3+. The number of nitrogens with one attached hydrogen (secondary N) is 1. The van der Waals surface area contributed by atoms with Crippen molar-refractivity contribution < 1.29 is 14.0 Å². The van der Waals surface area contributed by atoms with Gasteiger partial charge in [0.1, 0.15) is 0 Å². The molecule has 0 saturated carbocycles. The van der Waals surface area contributed by atoms with E-state index in [1.54, 1.807) is 6.07 Å². The summed E-state index contributed by atoms with van der Waals surface area (Å²) in [5, 5.41) is 2.38. The molecule has 2 aromatic rings. The Kier molecular flexibility index (Phi) is 2.74. The van der Waals surface area contributed by atoms with Gasteiger partial charge in [-0.3, -0.25) is 9.32 Å². The van der Waals surface area contributed by atoms with Gasteiger partial charge < -0.3 is 0 Å². The minimum Gasteiger partial charge on any atom is -0.291 e. The van der Waals surface area contributed by atoms with E-state index in [-0.39, 0.29) is 5.69 Å². The highest BCUT2D eigenvalue weighted by atomic mass is 79.9. The van der Waals surface area contributed by atoms with Gasteiger partial charge in [-0.05, 0) is 29.0 Å². The Morgan fingerprint density at radius 1 is 1.50 bits per heavy atom. The molecule has 1 heterocycles. The van der Waals surface area contributed by atoms with Crippen molar-refractivity contribution in [3.8, 4) is 5.69 Å². The number of hydrogen-bond donors (Lipinski definition) is 1. The second-order valence-corrected chi connectivity index (χ2v) is 4.17. The molecule has 0 unspecified atom stereocenters. The first-order chi connectivity index (χ1) is 7.63. The zero-order chi connectivity index (χ0) is 11.7. The first-order valence-corrected chi connectivity index (χ1v) is 5.28.